The number of aryl methyl sites for hydroxylation is 2. The van der Waals surface area contributed by atoms with Crippen LogP contribution >= 0.6 is 12.6 Å². The number of rotatable bonds is 2. The van der Waals surface area contributed by atoms with Crippen molar-refractivity contribution in [3.05, 3.63) is 59.2 Å². The van der Waals surface area contributed by atoms with Crippen molar-refractivity contribution in [2.75, 3.05) is 0 Å². The number of hydrogen-bond acceptors (Lipinski definition) is 3. The van der Waals surface area contributed by atoms with Crippen LogP contribution in [0.1, 0.15) is 27.9 Å². The van der Waals surface area contributed by atoms with Crippen molar-refractivity contribution in [1.29, 1.82) is 0 Å². The molecule has 4 heteroatoms. The van der Waals surface area contributed by atoms with Crippen LogP contribution in [0.15, 0.2) is 36.5 Å². The molecule has 0 aliphatic rings. The first-order valence-corrected chi connectivity index (χ1v) is 6.72. The Kier molecular flexibility index (Phi) is 3.03. The molecule has 96 valence electrons. The first kappa shape index (κ1) is 12.2. The van der Waals surface area contributed by atoms with Gasteiger partial charge in [0.25, 0.3) is 0 Å². The van der Waals surface area contributed by atoms with E-state index in [2.05, 4.69) is 53.6 Å². The van der Waals surface area contributed by atoms with E-state index in [1.165, 1.54) is 11.1 Å². The first-order chi connectivity index (χ1) is 9.15. The number of fused-ring (bicyclic) bond motifs is 1. The number of hydrogen-bond donors (Lipinski definition) is 2. The lowest BCUT2D eigenvalue weighted by Crippen LogP contribution is -1.97. The van der Waals surface area contributed by atoms with E-state index >= 15 is 0 Å². The molecule has 0 saturated heterocycles. The number of aromatic nitrogens is 3. The molecule has 0 aliphatic heterocycles. The highest BCUT2D eigenvalue weighted by Crippen LogP contribution is 2.27. The van der Waals surface area contributed by atoms with E-state index in [-0.39, 0.29) is 5.25 Å². The Morgan fingerprint density at radius 3 is 2.68 bits per heavy atom. The van der Waals surface area contributed by atoms with E-state index in [9.17, 15) is 0 Å². The van der Waals surface area contributed by atoms with Crippen LogP contribution in [0.4, 0.5) is 0 Å². The zero-order chi connectivity index (χ0) is 13.4. The summed E-state index contributed by atoms with van der Waals surface area (Å²) in [4.78, 5) is 12.3. The van der Waals surface area contributed by atoms with Crippen LogP contribution in [0, 0.1) is 13.8 Å². The Morgan fingerprint density at radius 2 is 1.95 bits per heavy atom. The van der Waals surface area contributed by atoms with Crippen molar-refractivity contribution in [3.63, 3.8) is 0 Å². The van der Waals surface area contributed by atoms with Crippen molar-refractivity contribution < 1.29 is 0 Å². The first-order valence-electron chi connectivity index (χ1n) is 6.21. The highest BCUT2D eigenvalue weighted by atomic mass is 32.1. The average molecular weight is 269 g/mol. The zero-order valence-electron chi connectivity index (χ0n) is 10.9. The monoisotopic (exact) mass is 269 g/mol. The molecule has 1 aromatic carbocycles. The van der Waals surface area contributed by atoms with E-state index < -0.39 is 0 Å². The largest absolute Gasteiger partial charge is 0.341 e. The van der Waals surface area contributed by atoms with Crippen molar-refractivity contribution in [3.8, 4) is 0 Å². The summed E-state index contributed by atoms with van der Waals surface area (Å²) in [7, 11) is 0. The number of pyridine rings is 1. The fourth-order valence-electron chi connectivity index (χ4n) is 2.10. The van der Waals surface area contributed by atoms with Gasteiger partial charge in [0.05, 0.1) is 16.7 Å². The van der Waals surface area contributed by atoms with Gasteiger partial charge in [-0.15, -0.1) is 0 Å². The SMILES string of the molecule is Cc1cc2nc(C(S)c3ccccn3)[nH]c2cc1C. The van der Waals surface area contributed by atoms with E-state index in [0.29, 0.717) is 0 Å². The highest BCUT2D eigenvalue weighted by molar-refractivity contribution is 7.80. The number of nitrogens with zero attached hydrogens (tertiary/aromatic N) is 2. The van der Waals surface area contributed by atoms with Gasteiger partial charge in [0.2, 0.25) is 0 Å². The lowest BCUT2D eigenvalue weighted by Gasteiger charge is -2.05. The van der Waals surface area contributed by atoms with Crippen LogP contribution in [0.2, 0.25) is 0 Å². The Bertz CT molecular complexity index is 680. The standard InChI is InChI=1S/C15H15N3S/c1-9-7-12-13(8-10(9)2)18-15(17-12)14(19)11-5-3-4-6-16-11/h3-8,14,19H,1-2H3,(H,17,18). The van der Waals surface area contributed by atoms with E-state index in [1.54, 1.807) is 6.20 Å². The van der Waals surface area contributed by atoms with Gasteiger partial charge in [0, 0.05) is 6.20 Å². The van der Waals surface area contributed by atoms with Gasteiger partial charge < -0.3 is 4.98 Å². The molecule has 1 atom stereocenters. The molecule has 2 heterocycles. The quantitative estimate of drug-likeness (QED) is 0.698. The smallest absolute Gasteiger partial charge is 0.126 e. The van der Waals surface area contributed by atoms with Crippen molar-refractivity contribution >= 4 is 23.7 Å². The summed E-state index contributed by atoms with van der Waals surface area (Å²) in [5.74, 6) is 0.835. The predicted molar refractivity (Wildman–Crippen MR) is 80.6 cm³/mol. The molecule has 0 saturated carbocycles. The third kappa shape index (κ3) is 2.24. The number of nitrogens with one attached hydrogen (secondary N) is 1. The van der Waals surface area contributed by atoms with Crippen molar-refractivity contribution in [2.45, 2.75) is 19.1 Å². The molecule has 2 aromatic heterocycles. The summed E-state index contributed by atoms with van der Waals surface area (Å²) in [5.41, 5.74) is 5.44. The number of aromatic amines is 1. The summed E-state index contributed by atoms with van der Waals surface area (Å²) >= 11 is 4.62. The van der Waals surface area contributed by atoms with Crippen LogP contribution in [0.25, 0.3) is 11.0 Å². The molecule has 1 unspecified atom stereocenters. The minimum Gasteiger partial charge on any atom is -0.341 e. The summed E-state index contributed by atoms with van der Waals surface area (Å²) in [6, 6.07) is 10.0. The Labute approximate surface area is 117 Å². The Morgan fingerprint density at radius 1 is 1.16 bits per heavy atom. The summed E-state index contributed by atoms with van der Waals surface area (Å²) < 4.78 is 0. The lowest BCUT2D eigenvalue weighted by molar-refractivity contribution is 0.969. The molecule has 0 spiro atoms. The van der Waals surface area contributed by atoms with Crippen LogP contribution in [-0.4, -0.2) is 15.0 Å². The molecule has 0 amide bonds. The average Bonchev–Trinajstić information content (AvgIpc) is 2.82. The van der Waals surface area contributed by atoms with Gasteiger partial charge in [-0.3, -0.25) is 4.98 Å². The topological polar surface area (TPSA) is 41.6 Å². The molecule has 0 radical (unpaired) electrons. The molecule has 0 fully saturated rings. The molecular weight excluding hydrogens is 254 g/mol. The van der Waals surface area contributed by atoms with Gasteiger partial charge in [-0.25, -0.2) is 4.98 Å². The van der Waals surface area contributed by atoms with Crippen molar-refractivity contribution in [1.82, 2.24) is 15.0 Å². The van der Waals surface area contributed by atoms with Gasteiger partial charge in [-0.1, -0.05) is 6.07 Å². The zero-order valence-corrected chi connectivity index (χ0v) is 11.8. The molecular formula is C15H15N3S. The molecule has 3 rings (SSSR count). The van der Waals surface area contributed by atoms with E-state index in [0.717, 1.165) is 22.6 Å². The van der Waals surface area contributed by atoms with Gasteiger partial charge in [-0.05, 0) is 49.2 Å². The maximum Gasteiger partial charge on any atom is 0.126 e. The van der Waals surface area contributed by atoms with Gasteiger partial charge in [0.1, 0.15) is 11.1 Å². The lowest BCUT2D eigenvalue weighted by atomic mass is 10.1. The van der Waals surface area contributed by atoms with Crippen LogP contribution < -0.4 is 0 Å². The molecule has 3 aromatic rings. The van der Waals surface area contributed by atoms with E-state index in [1.807, 2.05) is 18.2 Å². The second-order valence-corrected chi connectivity index (χ2v) is 5.25. The number of thiol groups is 1. The van der Waals surface area contributed by atoms with E-state index in [4.69, 9.17) is 0 Å². The molecule has 0 bridgehead atoms. The molecule has 19 heavy (non-hydrogen) atoms. The minimum absolute atomic E-state index is 0.130. The van der Waals surface area contributed by atoms with Gasteiger partial charge in [0.15, 0.2) is 0 Å². The maximum atomic E-state index is 4.62. The van der Waals surface area contributed by atoms with Gasteiger partial charge in [-0.2, -0.15) is 12.6 Å². The fourth-order valence-corrected chi connectivity index (χ4v) is 2.37. The molecule has 0 aliphatic carbocycles. The Balaban J connectivity index is 2.06. The second kappa shape index (κ2) is 4.70. The van der Waals surface area contributed by atoms with Crippen LogP contribution in [0.3, 0.4) is 0 Å². The summed E-state index contributed by atoms with van der Waals surface area (Å²) in [6.07, 6.45) is 1.77. The molecule has 1 N–H and O–H groups in total. The van der Waals surface area contributed by atoms with Crippen LogP contribution in [0.5, 0.6) is 0 Å². The third-order valence-corrected chi connectivity index (χ3v) is 3.85. The molecule has 3 nitrogen and oxygen atoms in total. The Hall–Kier alpha value is -1.81. The summed E-state index contributed by atoms with van der Waals surface area (Å²) in [5, 5.41) is -0.130. The maximum absolute atomic E-state index is 4.62. The van der Waals surface area contributed by atoms with Crippen LogP contribution in [-0.2, 0) is 0 Å². The number of imidazole rings is 1. The second-order valence-electron chi connectivity index (χ2n) is 4.73. The van der Waals surface area contributed by atoms with Gasteiger partial charge >= 0.3 is 0 Å². The third-order valence-electron chi connectivity index (χ3n) is 3.34. The number of benzene rings is 1. The number of H-pyrrole nitrogens is 1. The normalized spacial score (nSPS) is 12.8. The summed E-state index contributed by atoms with van der Waals surface area (Å²) in [6.45, 7) is 4.20. The highest BCUT2D eigenvalue weighted by Gasteiger charge is 2.15. The predicted octanol–water partition coefficient (Wildman–Crippen LogP) is 3.59. The van der Waals surface area contributed by atoms with Crippen molar-refractivity contribution in [2.24, 2.45) is 0 Å². The minimum atomic E-state index is -0.130. The fraction of sp³-hybridized carbons (Fsp3) is 0.200.